The van der Waals surface area contributed by atoms with E-state index in [4.69, 9.17) is 0 Å². The molecule has 1 aliphatic heterocycles. The predicted molar refractivity (Wildman–Crippen MR) is 95.2 cm³/mol. The predicted octanol–water partition coefficient (Wildman–Crippen LogP) is 2.69. The molecule has 1 atom stereocenters. The first kappa shape index (κ1) is 16.3. The van der Waals surface area contributed by atoms with Gasteiger partial charge in [0, 0.05) is 14.1 Å². The largest absolute Gasteiger partial charge is 0.348 e. The quantitative estimate of drug-likeness (QED) is 0.728. The van der Waals surface area contributed by atoms with Gasteiger partial charge in [0.2, 0.25) is 0 Å². The van der Waals surface area contributed by atoms with Crippen molar-refractivity contribution >= 4 is 11.6 Å². The molecular formula is C19H18FN5O. The SMILES string of the molecule is CN1C(=O)c2ccccc2N(C)C1c1cn(Cc2ccc(F)cc2)nn1. The molecule has 6 nitrogen and oxygen atoms in total. The van der Waals surface area contributed by atoms with Gasteiger partial charge >= 0.3 is 0 Å². The highest BCUT2D eigenvalue weighted by Crippen LogP contribution is 2.35. The first-order chi connectivity index (χ1) is 12.5. The zero-order valence-electron chi connectivity index (χ0n) is 14.5. The Morgan fingerprint density at radius 2 is 1.77 bits per heavy atom. The Bertz CT molecular complexity index is 953. The highest BCUT2D eigenvalue weighted by atomic mass is 19.1. The molecule has 132 valence electrons. The van der Waals surface area contributed by atoms with Crippen LogP contribution in [0.15, 0.2) is 54.7 Å². The van der Waals surface area contributed by atoms with Gasteiger partial charge < -0.3 is 9.80 Å². The lowest BCUT2D eigenvalue weighted by atomic mass is 10.1. The molecule has 1 aromatic heterocycles. The third kappa shape index (κ3) is 2.71. The molecule has 3 aromatic rings. The Hall–Kier alpha value is -3.22. The molecule has 26 heavy (non-hydrogen) atoms. The maximum atomic E-state index is 13.0. The highest BCUT2D eigenvalue weighted by Gasteiger charge is 2.35. The Labute approximate surface area is 150 Å². The van der Waals surface area contributed by atoms with E-state index in [1.165, 1.54) is 12.1 Å². The lowest BCUT2D eigenvalue weighted by Gasteiger charge is -2.40. The van der Waals surface area contributed by atoms with E-state index in [2.05, 4.69) is 10.3 Å². The van der Waals surface area contributed by atoms with Crippen LogP contribution >= 0.6 is 0 Å². The molecule has 1 amide bonds. The first-order valence-corrected chi connectivity index (χ1v) is 8.28. The van der Waals surface area contributed by atoms with Crippen molar-refractivity contribution in [2.75, 3.05) is 19.0 Å². The average Bonchev–Trinajstić information content (AvgIpc) is 3.10. The van der Waals surface area contributed by atoms with E-state index < -0.39 is 0 Å². The molecule has 0 N–H and O–H groups in total. The van der Waals surface area contributed by atoms with E-state index in [-0.39, 0.29) is 17.9 Å². The van der Waals surface area contributed by atoms with Crippen molar-refractivity contribution in [1.82, 2.24) is 19.9 Å². The zero-order valence-corrected chi connectivity index (χ0v) is 14.5. The fraction of sp³-hybridized carbons (Fsp3) is 0.211. The molecule has 0 saturated heterocycles. The van der Waals surface area contributed by atoms with E-state index in [1.807, 2.05) is 42.4 Å². The molecule has 4 rings (SSSR count). The summed E-state index contributed by atoms with van der Waals surface area (Å²) in [5, 5.41) is 8.43. The van der Waals surface area contributed by atoms with E-state index in [1.54, 1.807) is 28.8 Å². The molecule has 2 heterocycles. The van der Waals surface area contributed by atoms with Gasteiger partial charge in [0.1, 0.15) is 11.5 Å². The monoisotopic (exact) mass is 351 g/mol. The molecule has 0 fully saturated rings. The van der Waals surface area contributed by atoms with Gasteiger partial charge in [-0.05, 0) is 29.8 Å². The molecule has 0 saturated carbocycles. The summed E-state index contributed by atoms with van der Waals surface area (Å²) in [4.78, 5) is 16.4. The van der Waals surface area contributed by atoms with Crippen LogP contribution in [0.5, 0.6) is 0 Å². The summed E-state index contributed by atoms with van der Waals surface area (Å²) >= 11 is 0. The number of nitrogens with zero attached hydrogens (tertiary/aromatic N) is 5. The van der Waals surface area contributed by atoms with E-state index in [0.717, 1.165) is 11.3 Å². The molecular weight excluding hydrogens is 333 g/mol. The normalized spacial score (nSPS) is 16.7. The number of anilines is 1. The van der Waals surface area contributed by atoms with Gasteiger partial charge in [-0.15, -0.1) is 5.10 Å². The fourth-order valence-corrected chi connectivity index (χ4v) is 3.34. The minimum absolute atomic E-state index is 0.0446. The van der Waals surface area contributed by atoms with Gasteiger partial charge in [-0.2, -0.15) is 0 Å². The van der Waals surface area contributed by atoms with Gasteiger partial charge in [0.15, 0.2) is 6.17 Å². The first-order valence-electron chi connectivity index (χ1n) is 8.28. The molecule has 0 aliphatic carbocycles. The number of rotatable bonds is 3. The van der Waals surface area contributed by atoms with Crippen molar-refractivity contribution in [1.29, 1.82) is 0 Å². The summed E-state index contributed by atoms with van der Waals surface area (Å²) in [5.41, 5.74) is 3.15. The third-order valence-electron chi connectivity index (χ3n) is 4.65. The maximum Gasteiger partial charge on any atom is 0.257 e. The number of aromatic nitrogens is 3. The minimum Gasteiger partial charge on any atom is -0.348 e. The number of benzene rings is 2. The van der Waals surface area contributed by atoms with Gasteiger partial charge in [-0.3, -0.25) is 4.79 Å². The highest BCUT2D eigenvalue weighted by molar-refractivity contribution is 6.01. The van der Waals surface area contributed by atoms with Crippen molar-refractivity contribution in [3.63, 3.8) is 0 Å². The summed E-state index contributed by atoms with van der Waals surface area (Å²) in [7, 11) is 3.70. The lowest BCUT2D eigenvalue weighted by molar-refractivity contribution is 0.0707. The number of fused-ring (bicyclic) bond motifs is 1. The van der Waals surface area contributed by atoms with E-state index in [9.17, 15) is 9.18 Å². The van der Waals surface area contributed by atoms with E-state index >= 15 is 0 Å². The molecule has 7 heteroatoms. The van der Waals surface area contributed by atoms with Gasteiger partial charge in [-0.25, -0.2) is 9.07 Å². The van der Waals surface area contributed by atoms with Gasteiger partial charge in [-0.1, -0.05) is 29.5 Å². The summed E-state index contributed by atoms with van der Waals surface area (Å²) in [5.74, 6) is -0.313. The van der Waals surface area contributed by atoms with Crippen molar-refractivity contribution < 1.29 is 9.18 Å². The Kier molecular flexibility index (Phi) is 3.91. The van der Waals surface area contributed by atoms with Crippen LogP contribution in [0.2, 0.25) is 0 Å². The van der Waals surface area contributed by atoms with Crippen molar-refractivity contribution in [2.45, 2.75) is 12.7 Å². The number of carbonyl (C=O) groups is 1. The van der Waals surface area contributed by atoms with Crippen LogP contribution in [0, 0.1) is 5.82 Å². The van der Waals surface area contributed by atoms with Crippen LogP contribution in [0.3, 0.4) is 0 Å². The summed E-state index contributed by atoms with van der Waals surface area (Å²) in [6.07, 6.45) is 1.49. The number of hydrogen-bond acceptors (Lipinski definition) is 4. The second kappa shape index (κ2) is 6.25. The Morgan fingerprint density at radius 3 is 2.54 bits per heavy atom. The van der Waals surface area contributed by atoms with Crippen LogP contribution < -0.4 is 4.90 Å². The van der Waals surface area contributed by atoms with Crippen LogP contribution in [-0.4, -0.2) is 39.9 Å². The van der Waals surface area contributed by atoms with Gasteiger partial charge in [0.05, 0.1) is 24.0 Å². The molecule has 1 aliphatic rings. The van der Waals surface area contributed by atoms with Crippen molar-refractivity contribution in [3.05, 3.63) is 77.4 Å². The molecule has 2 aromatic carbocycles. The number of amides is 1. The van der Waals surface area contributed by atoms with Crippen LogP contribution in [0.4, 0.5) is 10.1 Å². The second-order valence-electron chi connectivity index (χ2n) is 6.39. The topological polar surface area (TPSA) is 54.3 Å². The number of carbonyl (C=O) groups excluding carboxylic acids is 1. The zero-order chi connectivity index (χ0) is 18.3. The molecule has 0 radical (unpaired) electrons. The number of para-hydroxylation sites is 1. The number of hydrogen-bond donors (Lipinski definition) is 0. The lowest BCUT2D eigenvalue weighted by Crippen LogP contribution is -2.45. The molecule has 1 unspecified atom stereocenters. The van der Waals surface area contributed by atoms with Crippen molar-refractivity contribution in [3.8, 4) is 0 Å². The minimum atomic E-state index is -0.334. The van der Waals surface area contributed by atoms with Crippen LogP contribution in [0.1, 0.15) is 27.8 Å². The second-order valence-corrected chi connectivity index (χ2v) is 6.39. The van der Waals surface area contributed by atoms with Crippen LogP contribution in [0.25, 0.3) is 0 Å². The smallest absolute Gasteiger partial charge is 0.257 e. The summed E-state index contributed by atoms with van der Waals surface area (Å²) in [6.45, 7) is 0.484. The third-order valence-corrected chi connectivity index (χ3v) is 4.65. The Balaban J connectivity index is 1.63. The summed E-state index contributed by atoms with van der Waals surface area (Å²) < 4.78 is 14.7. The maximum absolute atomic E-state index is 13.0. The van der Waals surface area contributed by atoms with Crippen LogP contribution in [-0.2, 0) is 6.54 Å². The molecule has 0 spiro atoms. The summed E-state index contributed by atoms with van der Waals surface area (Å²) in [6, 6.07) is 13.8. The molecule has 0 bridgehead atoms. The Morgan fingerprint density at radius 1 is 1.04 bits per heavy atom. The van der Waals surface area contributed by atoms with Gasteiger partial charge in [0.25, 0.3) is 5.91 Å². The average molecular weight is 351 g/mol. The van der Waals surface area contributed by atoms with Crippen molar-refractivity contribution in [2.24, 2.45) is 0 Å². The fourth-order valence-electron chi connectivity index (χ4n) is 3.34. The number of halogens is 1. The standard InChI is InChI=1S/C19H18FN5O/c1-23-17-6-4-3-5-15(17)19(26)24(2)18(23)16-12-25(22-21-16)11-13-7-9-14(20)10-8-13/h3-10,12,18H,11H2,1-2H3. The van der Waals surface area contributed by atoms with E-state index in [0.29, 0.717) is 17.8 Å².